The first kappa shape index (κ1) is 23.9. The van der Waals surface area contributed by atoms with Gasteiger partial charge in [-0.05, 0) is 107 Å². The number of carbonyl (C=O) groups excluding carboxylic acids is 1. The maximum atomic E-state index is 12.0. The summed E-state index contributed by atoms with van der Waals surface area (Å²) >= 11 is 5.80. The highest BCUT2D eigenvalue weighted by Crippen LogP contribution is 2.23. The Bertz CT molecular complexity index is 1070. The molecule has 0 unspecified atom stereocenters. The Morgan fingerprint density at radius 1 is 1.10 bits per heavy atom. The molecule has 9 heteroatoms. The molecule has 0 atom stereocenters. The second kappa shape index (κ2) is 11.8. The third-order valence-corrected chi connectivity index (χ3v) is 6.37. The smallest absolute Gasteiger partial charge is 0.250 e. The topological polar surface area (TPSA) is 76.5 Å². The van der Waals surface area contributed by atoms with Crippen molar-refractivity contribution in [1.29, 1.82) is 0 Å². The standard InChI is InChI=1S/C22H20I2N4O2S/c1-14-9-15(2)27-22(26-14)31-13-21(29)28-25-11-17-5-8-20(19(24)10-17)30-12-16-3-6-18(23)7-4-16/h3-11H,12-13H2,1-2H3,(H,28,29)/b25-11-. The summed E-state index contributed by atoms with van der Waals surface area (Å²) in [6.07, 6.45) is 1.61. The molecule has 0 aliphatic heterocycles. The quantitative estimate of drug-likeness (QED) is 0.120. The lowest BCUT2D eigenvalue weighted by Crippen LogP contribution is -2.19. The minimum atomic E-state index is -0.212. The summed E-state index contributed by atoms with van der Waals surface area (Å²) in [7, 11) is 0. The maximum absolute atomic E-state index is 12.0. The number of hydrogen-bond donors (Lipinski definition) is 1. The van der Waals surface area contributed by atoms with Crippen LogP contribution in [0.15, 0.2) is 58.8 Å². The van der Waals surface area contributed by atoms with E-state index in [4.69, 9.17) is 4.74 Å². The molecule has 6 nitrogen and oxygen atoms in total. The second-order valence-electron chi connectivity index (χ2n) is 6.62. The van der Waals surface area contributed by atoms with Crippen molar-refractivity contribution >= 4 is 69.1 Å². The van der Waals surface area contributed by atoms with Gasteiger partial charge in [-0.15, -0.1) is 0 Å². The van der Waals surface area contributed by atoms with E-state index < -0.39 is 0 Å². The van der Waals surface area contributed by atoms with Crippen molar-refractivity contribution in [3.05, 3.63) is 78.2 Å². The van der Waals surface area contributed by atoms with Gasteiger partial charge in [0, 0.05) is 15.0 Å². The first-order valence-electron chi connectivity index (χ1n) is 9.33. The van der Waals surface area contributed by atoms with Crippen molar-refractivity contribution in [2.24, 2.45) is 5.10 Å². The van der Waals surface area contributed by atoms with Crippen LogP contribution >= 0.6 is 56.9 Å². The predicted octanol–water partition coefficient (Wildman–Crippen LogP) is 5.12. The molecule has 0 bridgehead atoms. The van der Waals surface area contributed by atoms with E-state index in [1.54, 1.807) is 6.21 Å². The zero-order valence-corrected chi connectivity index (χ0v) is 22.1. The van der Waals surface area contributed by atoms with Crippen molar-refractivity contribution in [3.63, 3.8) is 0 Å². The van der Waals surface area contributed by atoms with E-state index in [1.807, 2.05) is 38.1 Å². The number of hydrogen-bond acceptors (Lipinski definition) is 6. The number of halogens is 2. The number of aromatic nitrogens is 2. The molecule has 3 aromatic rings. The Morgan fingerprint density at radius 2 is 1.81 bits per heavy atom. The lowest BCUT2D eigenvalue weighted by atomic mass is 10.2. The zero-order chi connectivity index (χ0) is 22.2. The van der Waals surface area contributed by atoms with Crippen molar-refractivity contribution in [3.8, 4) is 5.75 Å². The molecule has 0 aliphatic carbocycles. The maximum Gasteiger partial charge on any atom is 0.250 e. The Hall–Kier alpha value is -1.73. The van der Waals surface area contributed by atoms with E-state index in [9.17, 15) is 4.79 Å². The van der Waals surface area contributed by atoms with Gasteiger partial charge in [0.15, 0.2) is 5.16 Å². The van der Waals surface area contributed by atoms with Crippen molar-refractivity contribution in [2.45, 2.75) is 25.6 Å². The number of aryl methyl sites for hydroxylation is 2. The molecule has 0 aliphatic rings. The number of hydrazone groups is 1. The average molecular weight is 658 g/mol. The number of amides is 1. The Balaban J connectivity index is 1.48. The van der Waals surface area contributed by atoms with Gasteiger partial charge >= 0.3 is 0 Å². The molecule has 0 saturated heterocycles. The molecular weight excluding hydrogens is 638 g/mol. The average Bonchev–Trinajstić information content (AvgIpc) is 2.72. The Kier molecular flexibility index (Phi) is 9.08. The van der Waals surface area contributed by atoms with Gasteiger partial charge in [-0.2, -0.15) is 5.10 Å². The number of nitrogens with zero attached hydrogens (tertiary/aromatic N) is 3. The molecule has 0 spiro atoms. The van der Waals surface area contributed by atoms with Crippen LogP contribution in [0, 0.1) is 21.0 Å². The summed E-state index contributed by atoms with van der Waals surface area (Å²) in [6.45, 7) is 4.32. The van der Waals surface area contributed by atoms with Crippen LogP contribution < -0.4 is 10.2 Å². The first-order chi connectivity index (χ1) is 14.9. The fraction of sp³-hybridized carbons (Fsp3) is 0.182. The minimum Gasteiger partial charge on any atom is -0.488 e. The van der Waals surface area contributed by atoms with Gasteiger partial charge in [0.25, 0.3) is 5.91 Å². The van der Waals surface area contributed by atoms with Gasteiger partial charge in [0.2, 0.25) is 0 Å². The monoisotopic (exact) mass is 658 g/mol. The molecule has 0 fully saturated rings. The lowest BCUT2D eigenvalue weighted by Gasteiger charge is -2.09. The van der Waals surface area contributed by atoms with Gasteiger partial charge in [0.1, 0.15) is 12.4 Å². The Labute approximate surface area is 213 Å². The van der Waals surface area contributed by atoms with E-state index in [-0.39, 0.29) is 11.7 Å². The molecule has 31 heavy (non-hydrogen) atoms. The number of ether oxygens (including phenoxy) is 1. The second-order valence-corrected chi connectivity index (χ2v) is 9.97. The largest absolute Gasteiger partial charge is 0.488 e. The SMILES string of the molecule is Cc1cc(C)nc(SCC(=O)N/N=C\c2ccc(OCc3ccc(I)cc3)c(I)c2)n1. The molecule has 160 valence electrons. The number of benzene rings is 2. The van der Waals surface area contributed by atoms with E-state index in [2.05, 4.69) is 89.9 Å². The number of rotatable bonds is 8. The molecular formula is C22H20I2N4O2S. The van der Waals surface area contributed by atoms with Gasteiger partial charge in [-0.3, -0.25) is 4.79 Å². The summed E-state index contributed by atoms with van der Waals surface area (Å²) in [4.78, 5) is 20.6. The fourth-order valence-electron chi connectivity index (χ4n) is 2.56. The summed E-state index contributed by atoms with van der Waals surface area (Å²) in [5, 5.41) is 4.63. The number of nitrogens with one attached hydrogen (secondary N) is 1. The minimum absolute atomic E-state index is 0.198. The molecule has 0 saturated carbocycles. The number of thioether (sulfide) groups is 1. The van der Waals surface area contributed by atoms with Crippen molar-refractivity contribution in [2.75, 3.05) is 5.75 Å². The van der Waals surface area contributed by atoms with E-state index in [0.717, 1.165) is 31.8 Å². The molecule has 3 rings (SSSR count). The molecule has 1 N–H and O–H groups in total. The summed E-state index contributed by atoms with van der Waals surface area (Å²) in [5.74, 6) is 0.796. The third-order valence-electron chi connectivity index (χ3n) is 3.96. The van der Waals surface area contributed by atoms with Crippen LogP contribution in [0.2, 0.25) is 0 Å². The van der Waals surface area contributed by atoms with E-state index in [1.165, 1.54) is 15.3 Å². The molecule has 0 radical (unpaired) electrons. The van der Waals surface area contributed by atoms with Crippen molar-refractivity contribution in [1.82, 2.24) is 15.4 Å². The normalized spacial score (nSPS) is 11.0. The van der Waals surface area contributed by atoms with Crippen LogP contribution in [-0.4, -0.2) is 27.8 Å². The highest BCUT2D eigenvalue weighted by Gasteiger charge is 2.06. The van der Waals surface area contributed by atoms with E-state index >= 15 is 0 Å². The fourth-order valence-corrected chi connectivity index (χ4v) is 4.35. The third kappa shape index (κ3) is 8.04. The zero-order valence-electron chi connectivity index (χ0n) is 16.9. The predicted molar refractivity (Wildman–Crippen MR) is 141 cm³/mol. The highest BCUT2D eigenvalue weighted by molar-refractivity contribution is 14.1. The first-order valence-corrected chi connectivity index (χ1v) is 12.5. The van der Waals surface area contributed by atoms with Gasteiger partial charge in [-0.1, -0.05) is 23.9 Å². The summed E-state index contributed by atoms with van der Waals surface area (Å²) in [5.41, 5.74) is 6.29. The van der Waals surface area contributed by atoms with Crippen LogP contribution in [0.4, 0.5) is 0 Å². The van der Waals surface area contributed by atoms with Crippen LogP contribution in [0.3, 0.4) is 0 Å². The van der Waals surface area contributed by atoms with Gasteiger partial charge in [-0.25, -0.2) is 15.4 Å². The molecule has 1 aromatic heterocycles. The van der Waals surface area contributed by atoms with E-state index in [0.29, 0.717) is 11.8 Å². The van der Waals surface area contributed by atoms with Crippen LogP contribution in [-0.2, 0) is 11.4 Å². The Morgan fingerprint density at radius 3 is 2.48 bits per heavy atom. The molecule has 1 heterocycles. The van der Waals surface area contributed by atoms with Crippen LogP contribution in [0.1, 0.15) is 22.5 Å². The molecule has 1 amide bonds. The van der Waals surface area contributed by atoms with Crippen molar-refractivity contribution < 1.29 is 9.53 Å². The van der Waals surface area contributed by atoms with Crippen LogP contribution in [0.25, 0.3) is 0 Å². The van der Waals surface area contributed by atoms with Crippen LogP contribution in [0.5, 0.6) is 5.75 Å². The summed E-state index contributed by atoms with van der Waals surface area (Å²) in [6, 6.07) is 15.9. The molecule has 2 aromatic carbocycles. The summed E-state index contributed by atoms with van der Waals surface area (Å²) < 4.78 is 8.08. The number of carbonyl (C=O) groups is 1. The van der Waals surface area contributed by atoms with Gasteiger partial charge in [0.05, 0.1) is 15.5 Å². The lowest BCUT2D eigenvalue weighted by molar-refractivity contribution is -0.118. The highest BCUT2D eigenvalue weighted by atomic mass is 127. The van der Waals surface area contributed by atoms with Gasteiger partial charge < -0.3 is 4.74 Å².